The second kappa shape index (κ2) is 8.26. The van der Waals surface area contributed by atoms with Gasteiger partial charge in [0.25, 0.3) is 5.91 Å². The van der Waals surface area contributed by atoms with Gasteiger partial charge < -0.3 is 25.4 Å². The van der Waals surface area contributed by atoms with Crippen molar-refractivity contribution in [3.8, 4) is 11.5 Å². The zero-order chi connectivity index (χ0) is 20.3. The summed E-state index contributed by atoms with van der Waals surface area (Å²) in [5.74, 6) is 0.328. The molecule has 0 fully saturated rings. The number of benzene rings is 2. The molecule has 28 heavy (non-hydrogen) atoms. The van der Waals surface area contributed by atoms with Crippen LogP contribution in [0.2, 0.25) is 0 Å². The zero-order valence-corrected chi connectivity index (χ0v) is 16.4. The van der Waals surface area contributed by atoms with Gasteiger partial charge in [-0.15, -0.1) is 0 Å². The molecule has 2 aromatic rings. The maximum atomic E-state index is 13.1. The Hall–Kier alpha value is -3.13. The Bertz CT molecular complexity index is 944. The molecule has 0 radical (unpaired) electrons. The van der Waals surface area contributed by atoms with Crippen LogP contribution in [0.4, 0.5) is 10.1 Å². The number of rotatable bonds is 5. The summed E-state index contributed by atoms with van der Waals surface area (Å²) in [4.78, 5) is 13.0. The van der Waals surface area contributed by atoms with Crippen molar-refractivity contribution in [3.63, 3.8) is 0 Å². The highest BCUT2D eigenvalue weighted by Gasteiger charge is 2.32. The highest BCUT2D eigenvalue weighted by atomic mass is 32.1. The van der Waals surface area contributed by atoms with Gasteiger partial charge >= 0.3 is 0 Å². The van der Waals surface area contributed by atoms with Crippen LogP contribution in [0.15, 0.2) is 53.7 Å². The van der Waals surface area contributed by atoms with E-state index in [0.717, 1.165) is 0 Å². The number of hydrogen-bond acceptors (Lipinski definition) is 4. The molecule has 0 spiro atoms. The first-order valence-electron chi connectivity index (χ1n) is 8.50. The smallest absolute Gasteiger partial charge is 0.255 e. The van der Waals surface area contributed by atoms with E-state index in [0.29, 0.717) is 39.1 Å². The Labute approximate surface area is 167 Å². The summed E-state index contributed by atoms with van der Waals surface area (Å²) in [7, 11) is 3.08. The Morgan fingerprint density at radius 3 is 2.50 bits per heavy atom. The summed E-state index contributed by atoms with van der Waals surface area (Å²) in [5.41, 5.74) is 2.23. The SMILES string of the molecule is COc1cccc(C2NC(=S)NC(C)=C2C(=O)Nc2ccc(F)cc2)c1OC. The molecule has 0 saturated carbocycles. The second-order valence-corrected chi connectivity index (χ2v) is 6.52. The molecule has 1 atom stereocenters. The lowest BCUT2D eigenvalue weighted by molar-refractivity contribution is -0.113. The van der Waals surface area contributed by atoms with Gasteiger partial charge in [-0.3, -0.25) is 4.79 Å². The highest BCUT2D eigenvalue weighted by molar-refractivity contribution is 7.80. The van der Waals surface area contributed by atoms with Crippen LogP contribution in [0.25, 0.3) is 0 Å². The minimum atomic E-state index is -0.556. The molecule has 1 heterocycles. The van der Waals surface area contributed by atoms with Crippen molar-refractivity contribution in [2.75, 3.05) is 19.5 Å². The van der Waals surface area contributed by atoms with Crippen molar-refractivity contribution >= 4 is 28.9 Å². The molecule has 3 N–H and O–H groups in total. The topological polar surface area (TPSA) is 71.6 Å². The molecule has 3 rings (SSSR count). The third-order valence-corrected chi connectivity index (χ3v) is 4.58. The van der Waals surface area contributed by atoms with Gasteiger partial charge in [-0.25, -0.2) is 4.39 Å². The van der Waals surface area contributed by atoms with Crippen LogP contribution < -0.4 is 25.4 Å². The van der Waals surface area contributed by atoms with Crippen LogP contribution in [-0.2, 0) is 4.79 Å². The largest absolute Gasteiger partial charge is 0.493 e. The van der Waals surface area contributed by atoms with Gasteiger partial charge in [0.05, 0.1) is 25.8 Å². The van der Waals surface area contributed by atoms with Crippen molar-refractivity contribution in [3.05, 3.63) is 65.1 Å². The number of nitrogens with one attached hydrogen (secondary N) is 3. The molecule has 146 valence electrons. The van der Waals surface area contributed by atoms with Gasteiger partial charge in [-0.2, -0.15) is 0 Å². The summed E-state index contributed by atoms with van der Waals surface area (Å²) < 4.78 is 24.0. The van der Waals surface area contributed by atoms with E-state index in [9.17, 15) is 9.18 Å². The Morgan fingerprint density at radius 1 is 1.14 bits per heavy atom. The van der Waals surface area contributed by atoms with Crippen LogP contribution in [0.5, 0.6) is 11.5 Å². The number of anilines is 1. The van der Waals surface area contributed by atoms with E-state index in [2.05, 4.69) is 16.0 Å². The summed E-state index contributed by atoms with van der Waals surface area (Å²) in [6.45, 7) is 1.77. The van der Waals surface area contributed by atoms with E-state index in [1.807, 2.05) is 12.1 Å². The first kappa shape index (κ1) is 19.6. The predicted octanol–water partition coefficient (Wildman–Crippen LogP) is 3.27. The van der Waals surface area contributed by atoms with Crippen molar-refractivity contribution in [2.24, 2.45) is 0 Å². The summed E-state index contributed by atoms with van der Waals surface area (Å²) >= 11 is 5.28. The van der Waals surface area contributed by atoms with E-state index < -0.39 is 6.04 Å². The van der Waals surface area contributed by atoms with Gasteiger partial charge in [0, 0.05) is 16.9 Å². The Balaban J connectivity index is 2.02. The standard InChI is InChI=1S/C20H20FN3O3S/c1-11-16(19(25)23-13-9-7-12(21)8-10-13)17(24-20(28)22-11)14-5-4-6-15(26-2)18(14)27-3/h4-10,17H,1-3H3,(H,23,25)(H2,22,24,28). The van der Waals surface area contributed by atoms with E-state index in [-0.39, 0.29) is 11.7 Å². The molecule has 1 aliphatic rings. The van der Waals surface area contributed by atoms with Crippen molar-refractivity contribution < 1.29 is 18.7 Å². The molecule has 0 bridgehead atoms. The lowest BCUT2D eigenvalue weighted by atomic mass is 9.94. The number of carbonyl (C=O) groups excluding carboxylic acids is 1. The maximum absolute atomic E-state index is 13.1. The maximum Gasteiger partial charge on any atom is 0.255 e. The average molecular weight is 401 g/mol. The normalized spacial score (nSPS) is 16.1. The Morgan fingerprint density at radius 2 is 1.86 bits per heavy atom. The van der Waals surface area contributed by atoms with Gasteiger partial charge in [0.1, 0.15) is 5.82 Å². The summed E-state index contributed by atoms with van der Waals surface area (Å²) in [5, 5.41) is 9.28. The minimum Gasteiger partial charge on any atom is -0.493 e. The van der Waals surface area contributed by atoms with Crippen LogP contribution in [0.1, 0.15) is 18.5 Å². The molecule has 1 amide bonds. The quantitative estimate of drug-likeness (QED) is 0.668. The molecular formula is C20H20FN3O3S. The van der Waals surface area contributed by atoms with Gasteiger partial charge in [0.2, 0.25) is 0 Å². The third-order valence-electron chi connectivity index (χ3n) is 4.36. The van der Waals surface area contributed by atoms with E-state index in [1.54, 1.807) is 20.1 Å². The number of hydrogen-bond donors (Lipinski definition) is 3. The lowest BCUT2D eigenvalue weighted by Gasteiger charge is -2.31. The van der Waals surface area contributed by atoms with Gasteiger partial charge in [0.15, 0.2) is 16.6 Å². The summed E-state index contributed by atoms with van der Waals surface area (Å²) in [6.07, 6.45) is 0. The monoisotopic (exact) mass is 401 g/mol. The molecule has 0 aliphatic carbocycles. The number of para-hydroxylation sites is 1. The number of ether oxygens (including phenoxy) is 2. The molecule has 0 saturated heterocycles. The number of allylic oxidation sites excluding steroid dienone is 1. The highest BCUT2D eigenvalue weighted by Crippen LogP contribution is 2.39. The van der Waals surface area contributed by atoms with Crippen molar-refractivity contribution in [2.45, 2.75) is 13.0 Å². The molecule has 1 aliphatic heterocycles. The number of carbonyl (C=O) groups is 1. The molecule has 2 aromatic carbocycles. The van der Waals surface area contributed by atoms with Crippen LogP contribution in [0, 0.1) is 5.82 Å². The number of amides is 1. The second-order valence-electron chi connectivity index (χ2n) is 6.11. The van der Waals surface area contributed by atoms with Crippen molar-refractivity contribution in [1.82, 2.24) is 10.6 Å². The zero-order valence-electron chi connectivity index (χ0n) is 15.6. The molecule has 1 unspecified atom stereocenters. The molecule has 0 aromatic heterocycles. The predicted molar refractivity (Wildman–Crippen MR) is 109 cm³/mol. The fourth-order valence-electron chi connectivity index (χ4n) is 3.10. The van der Waals surface area contributed by atoms with Gasteiger partial charge in [-0.05, 0) is 49.5 Å². The van der Waals surface area contributed by atoms with Crippen molar-refractivity contribution in [1.29, 1.82) is 0 Å². The van der Waals surface area contributed by atoms with Crippen LogP contribution in [-0.4, -0.2) is 25.2 Å². The van der Waals surface area contributed by atoms with E-state index >= 15 is 0 Å². The number of methoxy groups -OCH3 is 2. The number of thiocarbonyl (C=S) groups is 1. The number of halogens is 1. The average Bonchev–Trinajstić information content (AvgIpc) is 2.68. The fraction of sp³-hybridized carbons (Fsp3) is 0.200. The molecular weight excluding hydrogens is 381 g/mol. The van der Waals surface area contributed by atoms with E-state index in [1.165, 1.54) is 31.4 Å². The van der Waals surface area contributed by atoms with Gasteiger partial charge in [-0.1, -0.05) is 12.1 Å². The summed E-state index contributed by atoms with van der Waals surface area (Å²) in [6, 6.07) is 10.4. The molecule has 6 nitrogen and oxygen atoms in total. The Kier molecular flexibility index (Phi) is 5.79. The first-order valence-corrected chi connectivity index (χ1v) is 8.91. The minimum absolute atomic E-state index is 0.346. The van der Waals surface area contributed by atoms with E-state index in [4.69, 9.17) is 21.7 Å². The molecule has 8 heteroatoms. The first-order chi connectivity index (χ1) is 13.4. The van der Waals surface area contributed by atoms with Crippen LogP contribution in [0.3, 0.4) is 0 Å². The fourth-order valence-corrected chi connectivity index (χ4v) is 3.37. The lowest BCUT2D eigenvalue weighted by Crippen LogP contribution is -2.45. The third kappa shape index (κ3) is 3.91. The van der Waals surface area contributed by atoms with Crippen LogP contribution >= 0.6 is 12.2 Å².